The van der Waals surface area contributed by atoms with E-state index >= 15 is 0 Å². The Kier molecular flexibility index (Phi) is 6.85. The van der Waals surface area contributed by atoms with Crippen LogP contribution in [0.3, 0.4) is 0 Å². The summed E-state index contributed by atoms with van der Waals surface area (Å²) in [5, 5.41) is 15.4. The second-order valence-corrected chi connectivity index (χ2v) is 8.30. The summed E-state index contributed by atoms with van der Waals surface area (Å²) in [4.78, 5) is 28.5. The van der Waals surface area contributed by atoms with Crippen LogP contribution in [0.2, 0.25) is 5.02 Å². The molecular weight excluding hydrogens is 399 g/mol. The molecule has 0 aromatic heterocycles. The molecule has 1 heterocycles. The van der Waals surface area contributed by atoms with Crippen LogP contribution in [-0.4, -0.2) is 65.8 Å². The quantitative estimate of drug-likeness (QED) is 0.676. The van der Waals surface area contributed by atoms with E-state index in [0.29, 0.717) is 30.1 Å². The maximum absolute atomic E-state index is 14.2. The molecule has 160 valence electrons. The average molecular weight is 427 g/mol. The van der Waals surface area contributed by atoms with Gasteiger partial charge in [-0.05, 0) is 43.9 Å². The SMILES string of the molecule is CNC(=O)N1C[C@@H](CO)C[C@@H](N(C(=O)NCc2cc(C)c(Cl)cc2F)C2CC2)C1. The van der Waals surface area contributed by atoms with Crippen LogP contribution in [0.15, 0.2) is 12.1 Å². The third-order valence-corrected chi connectivity index (χ3v) is 6.01. The van der Waals surface area contributed by atoms with E-state index in [1.54, 1.807) is 29.8 Å². The predicted molar refractivity (Wildman–Crippen MR) is 108 cm³/mol. The molecule has 3 N–H and O–H groups in total. The normalized spacial score (nSPS) is 21.6. The summed E-state index contributed by atoms with van der Waals surface area (Å²) in [7, 11) is 1.56. The highest BCUT2D eigenvalue weighted by Crippen LogP contribution is 2.33. The van der Waals surface area contributed by atoms with Crippen molar-refractivity contribution >= 4 is 23.7 Å². The number of carbonyl (C=O) groups is 2. The van der Waals surface area contributed by atoms with E-state index in [4.69, 9.17) is 11.6 Å². The summed E-state index contributed by atoms with van der Waals surface area (Å²) < 4.78 is 14.2. The van der Waals surface area contributed by atoms with Crippen LogP contribution in [0.25, 0.3) is 0 Å². The molecule has 1 aliphatic carbocycles. The topological polar surface area (TPSA) is 84.9 Å². The Morgan fingerprint density at radius 1 is 1.31 bits per heavy atom. The molecule has 0 bridgehead atoms. The van der Waals surface area contributed by atoms with Crippen molar-refractivity contribution in [3.63, 3.8) is 0 Å². The molecule has 1 aromatic rings. The number of benzene rings is 1. The lowest BCUT2D eigenvalue weighted by Gasteiger charge is -2.42. The number of hydrogen-bond donors (Lipinski definition) is 3. The summed E-state index contributed by atoms with van der Waals surface area (Å²) in [6.45, 7) is 2.67. The first kappa shape index (κ1) is 21.6. The number of aliphatic hydroxyl groups is 1. The van der Waals surface area contributed by atoms with Gasteiger partial charge in [-0.3, -0.25) is 0 Å². The van der Waals surface area contributed by atoms with Crippen LogP contribution >= 0.6 is 11.6 Å². The van der Waals surface area contributed by atoms with Crippen LogP contribution in [-0.2, 0) is 6.54 Å². The van der Waals surface area contributed by atoms with Gasteiger partial charge in [0.05, 0.1) is 6.04 Å². The van der Waals surface area contributed by atoms with E-state index in [9.17, 15) is 19.1 Å². The number of urea groups is 2. The largest absolute Gasteiger partial charge is 0.396 e. The zero-order valence-corrected chi connectivity index (χ0v) is 17.5. The van der Waals surface area contributed by atoms with Crippen molar-refractivity contribution in [2.24, 2.45) is 5.92 Å². The molecule has 29 heavy (non-hydrogen) atoms. The average Bonchev–Trinajstić information content (AvgIpc) is 3.53. The molecule has 1 saturated heterocycles. The first-order valence-corrected chi connectivity index (χ1v) is 10.3. The third-order valence-electron chi connectivity index (χ3n) is 5.60. The minimum atomic E-state index is -0.456. The van der Waals surface area contributed by atoms with Crippen molar-refractivity contribution in [1.29, 1.82) is 0 Å². The van der Waals surface area contributed by atoms with Crippen LogP contribution in [0.4, 0.5) is 14.0 Å². The number of rotatable bonds is 5. The highest BCUT2D eigenvalue weighted by atomic mass is 35.5. The third kappa shape index (κ3) is 5.11. The summed E-state index contributed by atoms with van der Waals surface area (Å²) in [6, 6.07) is 2.31. The Morgan fingerprint density at radius 3 is 2.66 bits per heavy atom. The standard InChI is InChI=1S/C20H28ClFN4O3/c1-12-5-14(18(22)7-17(12)21)8-24-20(29)26(15-3-4-15)16-6-13(11-27)9-25(10-16)19(28)23-2/h5,7,13,15-16,27H,3-4,6,8-11H2,1-2H3,(H,23,28)(H,24,29)/t13-,16+/m0/s1. The van der Waals surface area contributed by atoms with Gasteiger partial charge in [0.15, 0.2) is 0 Å². The van der Waals surface area contributed by atoms with Crippen molar-refractivity contribution < 1.29 is 19.1 Å². The van der Waals surface area contributed by atoms with Gasteiger partial charge in [-0.25, -0.2) is 14.0 Å². The molecule has 0 spiro atoms. The minimum absolute atomic E-state index is 0.0423. The fourth-order valence-electron chi connectivity index (χ4n) is 3.93. The fraction of sp³-hybridized carbons (Fsp3) is 0.600. The van der Waals surface area contributed by atoms with Gasteiger partial charge in [0.1, 0.15) is 5.82 Å². The van der Waals surface area contributed by atoms with E-state index in [1.165, 1.54) is 6.07 Å². The van der Waals surface area contributed by atoms with E-state index < -0.39 is 5.82 Å². The molecule has 2 aliphatic rings. The maximum atomic E-state index is 14.2. The smallest absolute Gasteiger partial charge is 0.318 e. The van der Waals surface area contributed by atoms with Gasteiger partial charge < -0.3 is 25.5 Å². The van der Waals surface area contributed by atoms with Crippen molar-refractivity contribution in [2.75, 3.05) is 26.7 Å². The Hall–Kier alpha value is -2.06. The summed E-state index contributed by atoms with van der Waals surface area (Å²) in [5.74, 6) is -0.542. The lowest BCUT2D eigenvalue weighted by molar-refractivity contribution is 0.0690. The van der Waals surface area contributed by atoms with E-state index in [-0.39, 0.29) is 43.2 Å². The number of nitrogens with zero attached hydrogens (tertiary/aromatic N) is 2. The highest BCUT2D eigenvalue weighted by Gasteiger charge is 2.41. The monoisotopic (exact) mass is 426 g/mol. The number of nitrogens with one attached hydrogen (secondary N) is 2. The number of hydrogen-bond acceptors (Lipinski definition) is 3. The maximum Gasteiger partial charge on any atom is 0.318 e. The van der Waals surface area contributed by atoms with Gasteiger partial charge in [-0.1, -0.05) is 11.6 Å². The molecule has 0 unspecified atom stereocenters. The molecule has 1 aromatic carbocycles. The molecular formula is C20H28ClFN4O3. The minimum Gasteiger partial charge on any atom is -0.396 e. The lowest BCUT2D eigenvalue weighted by Crippen LogP contribution is -2.58. The van der Waals surface area contributed by atoms with Gasteiger partial charge >= 0.3 is 12.1 Å². The molecule has 1 saturated carbocycles. The number of amides is 4. The molecule has 9 heteroatoms. The van der Waals surface area contributed by atoms with Crippen molar-refractivity contribution in [1.82, 2.24) is 20.4 Å². The van der Waals surface area contributed by atoms with Gasteiger partial charge in [-0.15, -0.1) is 0 Å². The first-order chi connectivity index (χ1) is 13.8. The van der Waals surface area contributed by atoms with Gasteiger partial charge in [0.25, 0.3) is 0 Å². The Balaban J connectivity index is 1.71. The molecule has 0 radical (unpaired) electrons. The number of aryl methyl sites for hydroxylation is 1. The number of carbonyl (C=O) groups excluding carboxylic acids is 2. The highest BCUT2D eigenvalue weighted by molar-refractivity contribution is 6.31. The van der Waals surface area contributed by atoms with Crippen LogP contribution in [0.1, 0.15) is 30.4 Å². The Morgan fingerprint density at radius 2 is 2.03 bits per heavy atom. The Labute approximate surface area is 175 Å². The van der Waals surface area contributed by atoms with Crippen LogP contribution in [0.5, 0.6) is 0 Å². The lowest BCUT2D eigenvalue weighted by atomic mass is 9.94. The molecule has 2 fully saturated rings. The van der Waals surface area contributed by atoms with Crippen LogP contribution in [0, 0.1) is 18.7 Å². The Bertz CT molecular complexity index is 774. The fourth-order valence-corrected chi connectivity index (χ4v) is 4.08. The van der Waals surface area contributed by atoms with Gasteiger partial charge in [-0.2, -0.15) is 0 Å². The van der Waals surface area contributed by atoms with E-state index in [0.717, 1.165) is 18.4 Å². The first-order valence-electron chi connectivity index (χ1n) is 9.92. The summed E-state index contributed by atoms with van der Waals surface area (Å²) >= 11 is 5.94. The predicted octanol–water partition coefficient (Wildman–Crippen LogP) is 2.48. The van der Waals surface area contributed by atoms with Crippen molar-refractivity contribution in [2.45, 2.75) is 44.8 Å². The summed E-state index contributed by atoms with van der Waals surface area (Å²) in [6.07, 6.45) is 2.44. The number of halogens is 2. The molecule has 1 aliphatic heterocycles. The number of likely N-dealkylation sites (tertiary alicyclic amines) is 1. The van der Waals surface area contributed by atoms with E-state index in [2.05, 4.69) is 10.6 Å². The van der Waals surface area contributed by atoms with Gasteiger partial charge in [0.2, 0.25) is 0 Å². The van der Waals surface area contributed by atoms with Crippen LogP contribution < -0.4 is 10.6 Å². The molecule has 4 amide bonds. The zero-order valence-electron chi connectivity index (χ0n) is 16.8. The molecule has 3 rings (SSSR count). The zero-order chi connectivity index (χ0) is 21.1. The van der Waals surface area contributed by atoms with Crippen molar-refractivity contribution in [3.05, 3.63) is 34.1 Å². The summed E-state index contributed by atoms with van der Waals surface area (Å²) in [5.41, 5.74) is 1.12. The van der Waals surface area contributed by atoms with Gasteiger partial charge in [0, 0.05) is 55.8 Å². The second kappa shape index (κ2) is 9.17. The molecule has 7 nitrogen and oxygen atoms in total. The van der Waals surface area contributed by atoms with E-state index in [1.807, 2.05) is 0 Å². The number of aliphatic hydroxyl groups excluding tert-OH is 1. The second-order valence-electron chi connectivity index (χ2n) is 7.89. The van der Waals surface area contributed by atoms with Crippen molar-refractivity contribution in [3.8, 4) is 0 Å². The molecule has 2 atom stereocenters. The number of piperidine rings is 1.